The zero-order valence-corrected chi connectivity index (χ0v) is 19.9. The van der Waals surface area contributed by atoms with Crippen LogP contribution >= 0.6 is 28.1 Å². The molecule has 3 heterocycles. The summed E-state index contributed by atoms with van der Waals surface area (Å²) in [7, 11) is 2.02. The van der Waals surface area contributed by atoms with E-state index in [9.17, 15) is 4.79 Å². The molecule has 1 saturated carbocycles. The van der Waals surface area contributed by atoms with Crippen molar-refractivity contribution in [2.75, 3.05) is 13.8 Å². The molecule has 164 valence electrons. The van der Waals surface area contributed by atoms with Gasteiger partial charge in [-0.2, -0.15) is 0 Å². The van der Waals surface area contributed by atoms with E-state index in [1.807, 2.05) is 25.2 Å². The second-order valence-corrected chi connectivity index (χ2v) is 9.82. The number of likely N-dealkylation sites (N-methyl/N-ethyl adjacent to an activating group) is 1. The van der Waals surface area contributed by atoms with Gasteiger partial charge in [0.05, 0.1) is 17.6 Å². The van der Waals surface area contributed by atoms with Gasteiger partial charge in [0.25, 0.3) is 0 Å². The van der Waals surface area contributed by atoms with Crippen LogP contribution in [0.15, 0.2) is 40.9 Å². The van der Waals surface area contributed by atoms with Gasteiger partial charge in [0, 0.05) is 27.1 Å². The van der Waals surface area contributed by atoms with Crippen LogP contribution in [0.2, 0.25) is 0 Å². The van der Waals surface area contributed by atoms with Crippen molar-refractivity contribution in [1.29, 1.82) is 0 Å². The van der Waals surface area contributed by atoms with Crippen molar-refractivity contribution in [3.63, 3.8) is 0 Å². The van der Waals surface area contributed by atoms with E-state index in [2.05, 4.69) is 44.0 Å². The number of nitrogens with zero attached hydrogens (tertiary/aromatic N) is 2. The zero-order valence-electron chi connectivity index (χ0n) is 17.5. The van der Waals surface area contributed by atoms with Crippen LogP contribution in [0, 0.1) is 0 Å². The third kappa shape index (κ3) is 3.16. The van der Waals surface area contributed by atoms with Gasteiger partial charge in [-0.25, -0.2) is 0 Å². The van der Waals surface area contributed by atoms with Gasteiger partial charge in [-0.05, 0) is 67.8 Å². The Morgan fingerprint density at radius 3 is 2.81 bits per heavy atom. The average Bonchev–Trinajstić information content (AvgIpc) is 3.39. The number of aromatic nitrogens is 1. The molecular formula is C24H22BrN3O3S. The van der Waals surface area contributed by atoms with E-state index in [1.54, 1.807) is 4.90 Å². The average molecular weight is 512 g/mol. The van der Waals surface area contributed by atoms with Gasteiger partial charge in [0.2, 0.25) is 12.7 Å². The minimum Gasteiger partial charge on any atom is -0.454 e. The first kappa shape index (κ1) is 20.2. The summed E-state index contributed by atoms with van der Waals surface area (Å²) in [6, 6.07) is 12.1. The van der Waals surface area contributed by atoms with Crippen molar-refractivity contribution in [1.82, 2.24) is 14.8 Å². The Hall–Kier alpha value is -2.42. The summed E-state index contributed by atoms with van der Waals surface area (Å²) >= 11 is 8.83. The van der Waals surface area contributed by atoms with Gasteiger partial charge in [-0.15, -0.1) is 0 Å². The molecule has 1 fully saturated rings. The molecule has 2 unspecified atom stereocenters. The molecule has 8 heteroatoms. The molecule has 2 atom stereocenters. The number of hydrogen-bond acceptors (Lipinski definition) is 5. The molecule has 0 saturated heterocycles. The van der Waals surface area contributed by atoms with E-state index in [1.165, 1.54) is 11.1 Å². The van der Waals surface area contributed by atoms with Crippen LogP contribution in [0.25, 0.3) is 10.9 Å². The second kappa shape index (κ2) is 7.57. The number of thiocarbonyl (C=S) groups is 1. The molecule has 0 spiro atoms. The quantitative estimate of drug-likeness (QED) is 0.520. The lowest BCUT2D eigenvalue weighted by Gasteiger charge is -2.40. The van der Waals surface area contributed by atoms with E-state index >= 15 is 0 Å². The number of hydrogen-bond donors (Lipinski definition) is 1. The maximum absolute atomic E-state index is 13.6. The molecule has 3 aliphatic rings. The topological polar surface area (TPSA) is 57.8 Å². The SMILES string of the molecule is CN1C(C(=O)N(C=S)C2CC2)Cc2c([nH]c3ccc(Br)cc23)C1c1ccc2c(c1)OCO2. The van der Waals surface area contributed by atoms with E-state index in [0.29, 0.717) is 6.42 Å². The highest BCUT2D eigenvalue weighted by Gasteiger charge is 2.43. The van der Waals surface area contributed by atoms with Gasteiger partial charge in [-0.1, -0.05) is 34.2 Å². The Labute approximate surface area is 199 Å². The number of halogens is 1. The minimum atomic E-state index is -0.310. The van der Waals surface area contributed by atoms with Gasteiger partial charge in [-0.3, -0.25) is 9.69 Å². The van der Waals surface area contributed by atoms with Crippen LogP contribution in [-0.4, -0.2) is 52.1 Å². The first-order valence-corrected chi connectivity index (χ1v) is 12.0. The lowest BCUT2D eigenvalue weighted by atomic mass is 9.88. The van der Waals surface area contributed by atoms with Crippen molar-refractivity contribution in [2.24, 2.45) is 0 Å². The molecule has 6 nitrogen and oxygen atoms in total. The lowest BCUT2D eigenvalue weighted by Crippen LogP contribution is -2.52. The highest BCUT2D eigenvalue weighted by Crippen LogP contribution is 2.44. The van der Waals surface area contributed by atoms with E-state index in [4.69, 9.17) is 21.7 Å². The fourth-order valence-corrected chi connectivity index (χ4v) is 5.64. The summed E-state index contributed by atoms with van der Waals surface area (Å²) in [6.07, 6.45) is 2.67. The molecular weight excluding hydrogens is 490 g/mol. The maximum atomic E-state index is 13.6. The number of nitrogens with one attached hydrogen (secondary N) is 1. The number of aromatic amines is 1. The Morgan fingerprint density at radius 1 is 1.22 bits per heavy atom. The lowest BCUT2D eigenvalue weighted by molar-refractivity contribution is -0.133. The number of ether oxygens (including phenoxy) is 2. The number of rotatable bonds is 4. The van der Waals surface area contributed by atoms with E-state index < -0.39 is 0 Å². The smallest absolute Gasteiger partial charge is 0.245 e. The zero-order chi connectivity index (χ0) is 22.0. The van der Waals surface area contributed by atoms with Gasteiger partial charge >= 0.3 is 0 Å². The van der Waals surface area contributed by atoms with E-state index in [-0.39, 0.29) is 30.8 Å². The van der Waals surface area contributed by atoms with Crippen molar-refractivity contribution >= 4 is 50.4 Å². The monoisotopic (exact) mass is 511 g/mol. The third-order valence-corrected chi connectivity index (χ3v) is 7.50. The molecule has 1 amide bonds. The predicted molar refractivity (Wildman–Crippen MR) is 129 cm³/mol. The molecule has 1 aliphatic carbocycles. The molecule has 2 aromatic carbocycles. The van der Waals surface area contributed by atoms with Crippen molar-refractivity contribution in [3.05, 3.63) is 57.7 Å². The number of carbonyl (C=O) groups is 1. The predicted octanol–water partition coefficient (Wildman–Crippen LogP) is 4.55. The molecule has 6 rings (SSSR count). The van der Waals surface area contributed by atoms with Crippen LogP contribution < -0.4 is 9.47 Å². The van der Waals surface area contributed by atoms with Crippen molar-refractivity contribution in [2.45, 2.75) is 37.4 Å². The van der Waals surface area contributed by atoms with Crippen LogP contribution in [0.5, 0.6) is 11.5 Å². The normalized spacial score (nSPS) is 22.1. The number of carbonyl (C=O) groups excluding carboxylic acids is 1. The highest BCUT2D eigenvalue weighted by atomic mass is 79.9. The van der Waals surface area contributed by atoms with Crippen LogP contribution in [0.4, 0.5) is 0 Å². The van der Waals surface area contributed by atoms with Crippen LogP contribution in [0.1, 0.15) is 35.7 Å². The summed E-state index contributed by atoms with van der Waals surface area (Å²) in [5.74, 6) is 1.57. The Bertz CT molecular complexity index is 1250. The highest BCUT2D eigenvalue weighted by molar-refractivity contribution is 9.10. The molecule has 0 bridgehead atoms. The minimum absolute atomic E-state index is 0.0748. The van der Waals surface area contributed by atoms with Gasteiger partial charge < -0.3 is 19.4 Å². The first-order chi connectivity index (χ1) is 15.5. The van der Waals surface area contributed by atoms with Crippen LogP contribution in [-0.2, 0) is 11.2 Å². The fraction of sp³-hybridized carbons (Fsp3) is 0.333. The molecule has 0 radical (unpaired) electrons. The fourth-order valence-electron chi connectivity index (χ4n) is 5.00. The van der Waals surface area contributed by atoms with Gasteiger partial charge in [0.15, 0.2) is 11.5 Å². The summed E-state index contributed by atoms with van der Waals surface area (Å²) in [5, 5.41) is 1.14. The van der Waals surface area contributed by atoms with Crippen molar-refractivity contribution in [3.8, 4) is 11.5 Å². The molecule has 3 aromatic rings. The maximum Gasteiger partial charge on any atom is 0.245 e. The standard InChI is InChI=1S/C24H22BrN3O3S/c1-27-19(24(29)28(11-32)15-4-5-15)10-17-16-9-14(25)3-6-18(16)26-22(17)23(27)13-2-7-20-21(8-13)31-12-30-20/h2-3,6-9,11,15,19,23,26H,4-5,10,12H2,1H3. The summed E-state index contributed by atoms with van der Waals surface area (Å²) < 4.78 is 12.2. The summed E-state index contributed by atoms with van der Waals surface area (Å²) in [5.41, 5.74) is 5.95. The molecule has 2 aliphatic heterocycles. The summed E-state index contributed by atoms with van der Waals surface area (Å²) in [6.45, 7) is 0.233. The first-order valence-electron chi connectivity index (χ1n) is 10.7. The number of benzene rings is 2. The molecule has 1 aromatic heterocycles. The van der Waals surface area contributed by atoms with Gasteiger partial charge in [0.1, 0.15) is 0 Å². The van der Waals surface area contributed by atoms with Crippen LogP contribution in [0.3, 0.4) is 0 Å². The third-order valence-electron chi connectivity index (χ3n) is 6.78. The van der Waals surface area contributed by atoms with E-state index in [0.717, 1.165) is 51.0 Å². The largest absolute Gasteiger partial charge is 0.454 e. The number of H-pyrrole nitrogens is 1. The second-order valence-electron chi connectivity index (χ2n) is 8.69. The number of amides is 1. The Morgan fingerprint density at radius 2 is 2.03 bits per heavy atom. The Kier molecular flexibility index (Phi) is 4.78. The summed E-state index contributed by atoms with van der Waals surface area (Å²) in [4.78, 5) is 21.2. The van der Waals surface area contributed by atoms with Crippen molar-refractivity contribution < 1.29 is 14.3 Å². The Balaban J connectivity index is 1.50. The number of fused-ring (bicyclic) bond motifs is 4. The molecule has 1 N–H and O–H groups in total. The molecule has 32 heavy (non-hydrogen) atoms.